The van der Waals surface area contributed by atoms with Gasteiger partial charge in [-0.2, -0.15) is 18.4 Å². The fourth-order valence-electron chi connectivity index (χ4n) is 4.64. The Morgan fingerprint density at radius 3 is 2.24 bits per heavy atom. The van der Waals surface area contributed by atoms with E-state index in [4.69, 9.17) is 0 Å². The molecule has 0 aliphatic carbocycles. The highest BCUT2D eigenvalue weighted by Gasteiger charge is 2.42. The van der Waals surface area contributed by atoms with Crippen molar-refractivity contribution in [1.82, 2.24) is 14.1 Å². The first-order valence-corrected chi connectivity index (χ1v) is 11.5. The van der Waals surface area contributed by atoms with Gasteiger partial charge in [-0.25, -0.2) is 22.5 Å². The van der Waals surface area contributed by atoms with E-state index >= 15 is 0 Å². The number of hydrogen-bond acceptors (Lipinski definition) is 5. The first-order valence-electron chi connectivity index (χ1n) is 11.5. The monoisotopic (exact) mass is 537 g/mol. The Hall–Kier alpha value is -4.08. The van der Waals surface area contributed by atoms with Crippen molar-refractivity contribution in [3.05, 3.63) is 85.6 Å². The molecule has 1 aliphatic rings. The molecule has 1 aromatic carbocycles. The maximum absolute atomic E-state index is 14.0. The maximum atomic E-state index is 14.0. The number of alkyl halides is 3. The van der Waals surface area contributed by atoms with Gasteiger partial charge in [0.25, 0.3) is 5.56 Å². The second-order valence-corrected chi connectivity index (χ2v) is 9.04. The van der Waals surface area contributed by atoms with Crippen LogP contribution in [0.2, 0.25) is 0 Å². The number of pyridine rings is 1. The molecule has 0 saturated carbocycles. The summed E-state index contributed by atoms with van der Waals surface area (Å²) in [5.74, 6) is -6.41. The Bertz CT molecular complexity index is 1510. The number of aryl methyl sites for hydroxylation is 1. The second-order valence-electron chi connectivity index (χ2n) is 9.04. The molecule has 1 saturated heterocycles. The van der Waals surface area contributed by atoms with E-state index in [9.17, 15) is 41.2 Å². The molecule has 3 heterocycles. The topological polar surface area (TPSA) is 83.9 Å². The Balaban J connectivity index is 1.96. The zero-order valence-corrected chi connectivity index (χ0v) is 20.0. The first kappa shape index (κ1) is 27.0. The number of aromatic nitrogens is 3. The zero-order valence-electron chi connectivity index (χ0n) is 20.0. The lowest BCUT2D eigenvalue weighted by Gasteiger charge is -2.36. The van der Waals surface area contributed by atoms with Crippen molar-refractivity contribution in [1.29, 1.82) is 5.26 Å². The number of rotatable bonds is 5. The number of halogens is 6. The molecule has 2 aromatic heterocycles. The van der Waals surface area contributed by atoms with Gasteiger partial charge in [0.1, 0.15) is 12.4 Å². The second kappa shape index (κ2) is 10.4. The van der Waals surface area contributed by atoms with Crippen LogP contribution in [0.3, 0.4) is 0 Å². The zero-order chi connectivity index (χ0) is 27.8. The lowest BCUT2D eigenvalue weighted by Crippen LogP contribution is -2.47. The van der Waals surface area contributed by atoms with Gasteiger partial charge in [-0.15, -0.1) is 0 Å². The van der Waals surface area contributed by atoms with Gasteiger partial charge in [0.15, 0.2) is 17.5 Å². The molecule has 0 amide bonds. The van der Waals surface area contributed by atoms with Gasteiger partial charge in [0.05, 0.1) is 29.4 Å². The largest absolute Gasteiger partial charge is 0.391 e. The van der Waals surface area contributed by atoms with Gasteiger partial charge in [0.2, 0.25) is 0 Å². The van der Waals surface area contributed by atoms with Crippen LogP contribution in [0.5, 0.6) is 0 Å². The van der Waals surface area contributed by atoms with Crippen molar-refractivity contribution in [3.8, 4) is 11.8 Å². The minimum atomic E-state index is -4.42. The smallest absolute Gasteiger partial charge is 0.357 e. The third kappa shape index (κ3) is 5.16. The number of nitrogens with zero attached hydrogens (tertiary/aromatic N) is 5. The summed E-state index contributed by atoms with van der Waals surface area (Å²) >= 11 is 0. The number of piperidine rings is 1. The quantitative estimate of drug-likeness (QED) is 0.363. The summed E-state index contributed by atoms with van der Waals surface area (Å²) < 4.78 is 83.0. The van der Waals surface area contributed by atoms with E-state index in [1.165, 1.54) is 23.4 Å². The molecule has 0 spiro atoms. The molecule has 7 nitrogen and oxygen atoms in total. The summed E-state index contributed by atoms with van der Waals surface area (Å²) in [6.07, 6.45) is -2.85. The number of benzene rings is 1. The van der Waals surface area contributed by atoms with Crippen LogP contribution in [0.15, 0.2) is 40.2 Å². The highest BCUT2D eigenvalue weighted by molar-refractivity contribution is 5.51. The Morgan fingerprint density at radius 2 is 1.68 bits per heavy atom. The summed E-state index contributed by atoms with van der Waals surface area (Å²) in [5.41, 5.74) is -1.53. The van der Waals surface area contributed by atoms with Crippen molar-refractivity contribution in [3.63, 3.8) is 0 Å². The van der Waals surface area contributed by atoms with E-state index in [0.717, 1.165) is 9.13 Å². The van der Waals surface area contributed by atoms with E-state index in [1.807, 2.05) is 6.07 Å². The normalized spacial score (nSPS) is 14.5. The third-order valence-corrected chi connectivity index (χ3v) is 6.44. The van der Waals surface area contributed by atoms with Crippen LogP contribution < -0.4 is 16.1 Å². The molecular weight excluding hydrogens is 516 g/mol. The molecule has 1 aliphatic heterocycles. The Morgan fingerprint density at radius 1 is 1.05 bits per heavy atom. The van der Waals surface area contributed by atoms with Gasteiger partial charge in [0, 0.05) is 25.7 Å². The van der Waals surface area contributed by atoms with E-state index < -0.39 is 53.8 Å². The predicted molar refractivity (Wildman–Crippen MR) is 125 cm³/mol. The van der Waals surface area contributed by atoms with Crippen LogP contribution in [0.1, 0.15) is 29.5 Å². The Kier molecular flexibility index (Phi) is 7.35. The first-order chi connectivity index (χ1) is 17.9. The Labute approximate surface area is 212 Å². The molecule has 38 heavy (non-hydrogen) atoms. The fraction of sp³-hybridized carbons (Fsp3) is 0.360. The molecule has 4 rings (SSSR count). The number of hydrogen-bond donors (Lipinski definition) is 0. The van der Waals surface area contributed by atoms with Gasteiger partial charge < -0.3 is 4.90 Å². The molecule has 200 valence electrons. The molecule has 3 aromatic rings. The molecule has 0 N–H and O–H groups in total. The van der Waals surface area contributed by atoms with Crippen LogP contribution in [0, 0.1) is 41.6 Å². The van der Waals surface area contributed by atoms with Gasteiger partial charge >= 0.3 is 11.9 Å². The predicted octanol–water partition coefficient (Wildman–Crippen LogP) is 4.01. The molecule has 0 radical (unpaired) electrons. The summed E-state index contributed by atoms with van der Waals surface area (Å²) in [5, 5.41) is 9.46. The minimum absolute atomic E-state index is 0.0618. The van der Waals surface area contributed by atoms with Crippen LogP contribution in [-0.2, 0) is 13.0 Å². The van der Waals surface area contributed by atoms with E-state index in [2.05, 4.69) is 4.98 Å². The van der Waals surface area contributed by atoms with Crippen LogP contribution in [-0.4, -0.2) is 33.4 Å². The average Bonchev–Trinajstić information content (AvgIpc) is 2.85. The SMILES string of the molecule is Cc1cncc(-n2c(=O)c(Cc3cc(F)c(F)c(F)c3)c(N3CCC(C(F)(F)F)CC3)n(CC#N)c2=O)c1. The molecule has 1 fully saturated rings. The summed E-state index contributed by atoms with van der Waals surface area (Å²) in [7, 11) is 0. The standard InChI is InChI=1S/C25H21F6N5O2/c1-14-8-17(13-33-12-14)36-23(37)18(9-15-10-19(26)21(28)20(27)11-15)22(35(7-4-32)24(36)38)34-5-2-16(3-6-34)25(29,30)31/h8,10-13,16H,2-3,5-7,9H2,1H3. The number of anilines is 1. The van der Waals surface area contributed by atoms with Gasteiger partial charge in [-0.1, -0.05) is 0 Å². The summed E-state index contributed by atoms with van der Waals surface area (Å²) in [6.45, 7) is 0.721. The fourth-order valence-corrected chi connectivity index (χ4v) is 4.64. The summed E-state index contributed by atoms with van der Waals surface area (Å²) in [4.78, 5) is 32.6. The highest BCUT2D eigenvalue weighted by Crippen LogP contribution is 2.36. The van der Waals surface area contributed by atoms with Crippen molar-refractivity contribution in [2.45, 2.75) is 38.9 Å². The highest BCUT2D eigenvalue weighted by atomic mass is 19.4. The van der Waals surface area contributed by atoms with Crippen molar-refractivity contribution in [2.75, 3.05) is 18.0 Å². The van der Waals surface area contributed by atoms with Gasteiger partial charge in [-0.3, -0.25) is 14.3 Å². The van der Waals surface area contributed by atoms with E-state index in [1.54, 1.807) is 6.92 Å². The maximum Gasteiger partial charge on any atom is 0.391 e. The van der Waals surface area contributed by atoms with Crippen LogP contribution in [0.25, 0.3) is 5.69 Å². The molecular formula is C25H21F6N5O2. The summed E-state index contributed by atoms with van der Waals surface area (Å²) in [6, 6.07) is 4.69. The number of nitriles is 1. The molecule has 13 heteroatoms. The lowest BCUT2D eigenvalue weighted by atomic mass is 9.95. The van der Waals surface area contributed by atoms with E-state index in [0.29, 0.717) is 17.7 Å². The van der Waals surface area contributed by atoms with Gasteiger partial charge in [-0.05, 0) is 49.1 Å². The minimum Gasteiger partial charge on any atom is -0.357 e. The molecule has 0 unspecified atom stereocenters. The van der Waals surface area contributed by atoms with Crippen molar-refractivity contribution >= 4 is 5.82 Å². The molecule has 0 atom stereocenters. The van der Waals surface area contributed by atoms with Crippen molar-refractivity contribution < 1.29 is 26.3 Å². The van der Waals surface area contributed by atoms with Crippen LogP contribution in [0.4, 0.5) is 32.2 Å². The molecule has 0 bridgehead atoms. The van der Waals surface area contributed by atoms with Crippen molar-refractivity contribution in [2.24, 2.45) is 5.92 Å². The lowest BCUT2D eigenvalue weighted by molar-refractivity contribution is -0.179. The average molecular weight is 537 g/mol. The third-order valence-electron chi connectivity index (χ3n) is 6.44. The van der Waals surface area contributed by atoms with Crippen LogP contribution >= 0.6 is 0 Å². The van der Waals surface area contributed by atoms with E-state index in [-0.39, 0.29) is 48.6 Å².